The van der Waals surface area contributed by atoms with Gasteiger partial charge >= 0.3 is 6.09 Å². The predicted octanol–water partition coefficient (Wildman–Crippen LogP) is 4.26. The molecule has 0 fully saturated rings. The smallest absolute Gasteiger partial charge is 0.410 e. The van der Waals surface area contributed by atoms with Crippen molar-refractivity contribution in [1.82, 2.24) is 9.88 Å². The van der Waals surface area contributed by atoms with Crippen LogP contribution < -0.4 is 0 Å². The quantitative estimate of drug-likeness (QED) is 0.790. The monoisotopic (exact) mass is 310 g/mol. The molecule has 0 saturated heterocycles. The zero-order chi connectivity index (χ0) is 16.4. The maximum absolute atomic E-state index is 12.1. The van der Waals surface area contributed by atoms with Crippen LogP contribution in [0.4, 0.5) is 4.79 Å². The van der Waals surface area contributed by atoms with Crippen LogP contribution in [0.25, 0.3) is 16.5 Å². The Morgan fingerprint density at radius 2 is 2.04 bits per heavy atom. The first-order valence-corrected chi connectivity index (χ1v) is 7.95. The number of benzene rings is 1. The molecule has 0 saturated carbocycles. The predicted molar refractivity (Wildman–Crippen MR) is 92.1 cm³/mol. The highest BCUT2D eigenvalue weighted by molar-refractivity contribution is 5.92. The van der Waals surface area contributed by atoms with E-state index in [-0.39, 0.29) is 6.09 Å². The minimum atomic E-state index is -0.456. The fourth-order valence-electron chi connectivity index (χ4n) is 2.79. The van der Waals surface area contributed by atoms with E-state index in [4.69, 9.17) is 4.74 Å². The number of hydrogen-bond acceptors (Lipinski definition) is 3. The molecule has 4 nitrogen and oxygen atoms in total. The zero-order valence-electron chi connectivity index (χ0n) is 13.9. The summed E-state index contributed by atoms with van der Waals surface area (Å²) in [4.78, 5) is 18.3. The minimum Gasteiger partial charge on any atom is -0.444 e. The first-order chi connectivity index (χ1) is 10.9. The second-order valence-corrected chi connectivity index (χ2v) is 6.78. The third-order valence-electron chi connectivity index (χ3n) is 3.85. The van der Waals surface area contributed by atoms with E-state index in [1.807, 2.05) is 45.2 Å². The molecule has 0 atom stereocenters. The Hall–Kier alpha value is -2.36. The van der Waals surface area contributed by atoms with E-state index in [1.165, 1.54) is 11.1 Å². The van der Waals surface area contributed by atoms with Crippen molar-refractivity contribution in [1.29, 1.82) is 0 Å². The molecule has 4 heteroatoms. The normalized spacial score (nSPS) is 15.4. The molecule has 2 heterocycles. The van der Waals surface area contributed by atoms with Crippen LogP contribution in [0.1, 0.15) is 32.8 Å². The van der Waals surface area contributed by atoms with Gasteiger partial charge in [-0.05, 0) is 50.5 Å². The number of rotatable bonds is 1. The highest BCUT2D eigenvalue weighted by Crippen LogP contribution is 2.28. The summed E-state index contributed by atoms with van der Waals surface area (Å²) in [6.07, 6.45) is 4.51. The first-order valence-electron chi connectivity index (χ1n) is 7.95. The van der Waals surface area contributed by atoms with Crippen LogP contribution in [-0.4, -0.2) is 34.7 Å². The molecule has 1 aromatic carbocycles. The van der Waals surface area contributed by atoms with Crippen LogP contribution >= 0.6 is 0 Å². The Bertz CT molecular complexity index is 754. The molecule has 1 aromatic heterocycles. The van der Waals surface area contributed by atoms with Gasteiger partial charge in [0.05, 0.1) is 5.52 Å². The van der Waals surface area contributed by atoms with Gasteiger partial charge in [0.15, 0.2) is 0 Å². The second-order valence-electron chi connectivity index (χ2n) is 6.78. The van der Waals surface area contributed by atoms with E-state index in [0.717, 1.165) is 17.3 Å². The largest absolute Gasteiger partial charge is 0.444 e. The van der Waals surface area contributed by atoms with Gasteiger partial charge in [-0.25, -0.2) is 4.79 Å². The summed E-state index contributed by atoms with van der Waals surface area (Å²) in [6.45, 7) is 6.93. The maximum Gasteiger partial charge on any atom is 0.410 e. The lowest BCUT2D eigenvalue weighted by molar-refractivity contribution is 0.0270. The summed E-state index contributed by atoms with van der Waals surface area (Å²) in [6, 6.07) is 10.2. The molecule has 0 N–H and O–H groups in total. The molecular formula is C19H22N2O2. The van der Waals surface area contributed by atoms with Crippen molar-refractivity contribution in [3.8, 4) is 0 Å². The Morgan fingerprint density at radius 1 is 1.22 bits per heavy atom. The van der Waals surface area contributed by atoms with Gasteiger partial charge in [-0.1, -0.05) is 24.3 Å². The average molecular weight is 310 g/mol. The van der Waals surface area contributed by atoms with Crippen LogP contribution in [0.5, 0.6) is 0 Å². The Labute approximate surface area is 136 Å². The molecule has 0 unspecified atom stereocenters. The molecule has 2 aromatic rings. The topological polar surface area (TPSA) is 42.4 Å². The fraction of sp³-hybridized carbons (Fsp3) is 0.368. The van der Waals surface area contributed by atoms with Crippen molar-refractivity contribution in [2.75, 3.05) is 13.1 Å². The number of hydrogen-bond donors (Lipinski definition) is 0. The van der Waals surface area contributed by atoms with Gasteiger partial charge in [-0.2, -0.15) is 0 Å². The lowest BCUT2D eigenvalue weighted by atomic mass is 9.96. The summed E-state index contributed by atoms with van der Waals surface area (Å²) in [5.74, 6) is 0. The summed E-state index contributed by atoms with van der Waals surface area (Å²) < 4.78 is 5.44. The van der Waals surface area contributed by atoms with Gasteiger partial charge in [0.1, 0.15) is 5.60 Å². The second kappa shape index (κ2) is 6.03. The molecule has 1 aliphatic heterocycles. The van der Waals surface area contributed by atoms with Crippen LogP contribution in [0.2, 0.25) is 0 Å². The molecule has 0 radical (unpaired) electrons. The fourth-order valence-corrected chi connectivity index (χ4v) is 2.79. The lowest BCUT2D eigenvalue weighted by Gasteiger charge is -2.29. The lowest BCUT2D eigenvalue weighted by Crippen LogP contribution is -2.39. The molecule has 0 bridgehead atoms. The van der Waals surface area contributed by atoms with Crippen LogP contribution in [0, 0.1) is 0 Å². The van der Waals surface area contributed by atoms with Gasteiger partial charge in [-0.15, -0.1) is 0 Å². The van der Waals surface area contributed by atoms with E-state index < -0.39 is 5.60 Å². The van der Waals surface area contributed by atoms with Crippen molar-refractivity contribution in [3.05, 3.63) is 48.2 Å². The summed E-state index contributed by atoms with van der Waals surface area (Å²) >= 11 is 0. The number of nitrogens with zero attached hydrogens (tertiary/aromatic N) is 2. The Kier molecular flexibility index (Phi) is 4.07. The minimum absolute atomic E-state index is 0.243. The van der Waals surface area contributed by atoms with Gasteiger partial charge < -0.3 is 9.64 Å². The maximum atomic E-state index is 12.1. The number of aromatic nitrogens is 1. The molecule has 3 rings (SSSR count). The van der Waals surface area contributed by atoms with Gasteiger partial charge in [-0.3, -0.25) is 4.98 Å². The average Bonchev–Trinajstić information content (AvgIpc) is 2.53. The van der Waals surface area contributed by atoms with Gasteiger partial charge in [0.25, 0.3) is 0 Å². The Balaban J connectivity index is 1.80. The molecule has 1 amide bonds. The molecular weight excluding hydrogens is 288 g/mol. The standard InChI is InChI=1S/C19H22N2O2/c1-19(2,3)23-18(22)21-12-9-14(10-13-21)15-6-4-8-17-16(15)7-5-11-20-17/h4-9,11H,10,12-13H2,1-3H3. The Morgan fingerprint density at radius 3 is 2.74 bits per heavy atom. The number of carbonyl (C=O) groups is 1. The SMILES string of the molecule is CC(C)(C)OC(=O)N1CC=C(c2cccc3ncccc23)CC1. The van der Waals surface area contributed by atoms with Crippen molar-refractivity contribution in [2.45, 2.75) is 32.8 Å². The van der Waals surface area contributed by atoms with E-state index in [2.05, 4.69) is 23.2 Å². The van der Waals surface area contributed by atoms with E-state index in [0.29, 0.717) is 13.1 Å². The van der Waals surface area contributed by atoms with Crippen molar-refractivity contribution < 1.29 is 9.53 Å². The summed E-state index contributed by atoms with van der Waals surface area (Å²) in [7, 11) is 0. The zero-order valence-corrected chi connectivity index (χ0v) is 13.9. The molecule has 0 spiro atoms. The first kappa shape index (κ1) is 15.5. The highest BCUT2D eigenvalue weighted by atomic mass is 16.6. The molecule has 23 heavy (non-hydrogen) atoms. The molecule has 120 valence electrons. The third-order valence-corrected chi connectivity index (χ3v) is 3.85. The highest BCUT2D eigenvalue weighted by Gasteiger charge is 2.24. The number of pyridine rings is 1. The number of fused-ring (bicyclic) bond motifs is 1. The summed E-state index contributed by atoms with van der Waals surface area (Å²) in [5, 5.41) is 1.16. The van der Waals surface area contributed by atoms with Gasteiger partial charge in [0, 0.05) is 24.7 Å². The van der Waals surface area contributed by atoms with Crippen molar-refractivity contribution in [2.24, 2.45) is 0 Å². The molecule has 1 aliphatic rings. The number of amides is 1. The van der Waals surface area contributed by atoms with E-state index in [9.17, 15) is 4.79 Å². The van der Waals surface area contributed by atoms with E-state index >= 15 is 0 Å². The number of carbonyl (C=O) groups excluding carboxylic acids is 1. The van der Waals surface area contributed by atoms with Crippen molar-refractivity contribution in [3.63, 3.8) is 0 Å². The van der Waals surface area contributed by atoms with E-state index in [1.54, 1.807) is 4.90 Å². The van der Waals surface area contributed by atoms with Crippen LogP contribution in [0.15, 0.2) is 42.6 Å². The number of ether oxygens (including phenoxy) is 1. The van der Waals surface area contributed by atoms with Crippen LogP contribution in [0.3, 0.4) is 0 Å². The summed E-state index contributed by atoms with van der Waals surface area (Å²) in [5.41, 5.74) is 3.02. The molecule has 0 aliphatic carbocycles. The third kappa shape index (κ3) is 3.52. The van der Waals surface area contributed by atoms with Gasteiger partial charge in [0.2, 0.25) is 0 Å². The van der Waals surface area contributed by atoms with Crippen molar-refractivity contribution >= 4 is 22.6 Å². The van der Waals surface area contributed by atoms with Crippen LogP contribution in [-0.2, 0) is 4.74 Å².